The predicted molar refractivity (Wildman–Crippen MR) is 109 cm³/mol. The van der Waals surface area contributed by atoms with Gasteiger partial charge < -0.3 is 10.4 Å². The quantitative estimate of drug-likeness (QED) is 0.713. The van der Waals surface area contributed by atoms with Gasteiger partial charge in [0.15, 0.2) is 0 Å². The van der Waals surface area contributed by atoms with Gasteiger partial charge in [-0.2, -0.15) is 0 Å². The maximum Gasteiger partial charge on any atom is 0.261 e. The van der Waals surface area contributed by atoms with Gasteiger partial charge in [0.1, 0.15) is 10.7 Å². The van der Waals surface area contributed by atoms with Gasteiger partial charge in [-0.05, 0) is 30.5 Å². The molecule has 0 aliphatic rings. The van der Waals surface area contributed by atoms with E-state index in [0.717, 1.165) is 38.4 Å². The van der Waals surface area contributed by atoms with Crippen LogP contribution < -0.4 is 5.32 Å². The van der Waals surface area contributed by atoms with Crippen LogP contribution in [0.3, 0.4) is 0 Å². The van der Waals surface area contributed by atoms with E-state index in [9.17, 15) is 9.90 Å². The van der Waals surface area contributed by atoms with Gasteiger partial charge in [-0.25, -0.2) is 9.97 Å². The lowest BCUT2D eigenvalue weighted by Gasteiger charge is -2.16. The van der Waals surface area contributed by atoms with Gasteiger partial charge in [0.25, 0.3) is 5.91 Å². The number of aromatic nitrogens is 2. The number of aliphatic hydroxyl groups is 1. The van der Waals surface area contributed by atoms with Crippen LogP contribution in [0.1, 0.15) is 58.7 Å². The maximum atomic E-state index is 12.8. The van der Waals surface area contributed by atoms with Crippen LogP contribution in [0.4, 0.5) is 0 Å². The Hall–Kier alpha value is -2.31. The highest BCUT2D eigenvalue weighted by molar-refractivity contribution is 7.20. The van der Waals surface area contributed by atoms with Crippen LogP contribution >= 0.6 is 11.3 Å². The fourth-order valence-corrected chi connectivity index (χ4v) is 4.18. The van der Waals surface area contributed by atoms with Gasteiger partial charge >= 0.3 is 0 Å². The third-order valence-corrected chi connectivity index (χ3v) is 5.76. The number of aliphatic hydroxyl groups excluding tert-OH is 1. The van der Waals surface area contributed by atoms with E-state index in [1.807, 2.05) is 38.1 Å². The van der Waals surface area contributed by atoms with Crippen molar-refractivity contribution < 1.29 is 9.90 Å². The van der Waals surface area contributed by atoms with Crippen LogP contribution in [0.25, 0.3) is 10.2 Å². The van der Waals surface area contributed by atoms with E-state index in [1.54, 1.807) is 0 Å². The molecule has 1 amide bonds. The van der Waals surface area contributed by atoms with Crippen molar-refractivity contribution in [2.24, 2.45) is 0 Å². The number of thiophene rings is 1. The van der Waals surface area contributed by atoms with Crippen molar-refractivity contribution in [3.8, 4) is 0 Å². The van der Waals surface area contributed by atoms with Crippen molar-refractivity contribution in [3.63, 3.8) is 0 Å². The third kappa shape index (κ3) is 3.87. The minimum Gasteiger partial charge on any atom is -0.392 e. The molecule has 6 heteroatoms. The van der Waals surface area contributed by atoms with E-state index in [2.05, 4.69) is 31.1 Å². The zero-order valence-corrected chi connectivity index (χ0v) is 17.2. The van der Waals surface area contributed by atoms with Gasteiger partial charge in [-0.3, -0.25) is 4.79 Å². The molecule has 2 N–H and O–H groups in total. The molecule has 0 bridgehead atoms. The van der Waals surface area contributed by atoms with E-state index in [-0.39, 0.29) is 17.9 Å². The first-order valence-electron chi connectivity index (χ1n) is 8.96. The monoisotopic (exact) mass is 383 g/mol. The first-order chi connectivity index (χ1) is 12.7. The molecule has 5 nitrogen and oxygen atoms in total. The van der Waals surface area contributed by atoms with Crippen molar-refractivity contribution >= 4 is 27.5 Å². The second-order valence-electron chi connectivity index (χ2n) is 7.73. The van der Waals surface area contributed by atoms with Crippen molar-refractivity contribution in [1.29, 1.82) is 0 Å². The summed E-state index contributed by atoms with van der Waals surface area (Å²) in [4.78, 5) is 23.7. The molecule has 0 aliphatic heterocycles. The lowest BCUT2D eigenvalue weighted by atomic mass is 9.95. The second kappa shape index (κ2) is 7.37. The fourth-order valence-electron chi connectivity index (χ4n) is 3.03. The molecular weight excluding hydrogens is 358 g/mol. The van der Waals surface area contributed by atoms with E-state index in [0.29, 0.717) is 11.4 Å². The molecule has 1 aromatic carbocycles. The summed E-state index contributed by atoms with van der Waals surface area (Å²) < 4.78 is 0. The number of amides is 1. The normalized spacial score (nSPS) is 11.8. The number of benzene rings is 1. The fraction of sp³-hybridized carbons (Fsp3) is 0.381. The van der Waals surface area contributed by atoms with E-state index in [1.165, 1.54) is 11.3 Å². The number of nitrogens with zero attached hydrogens (tertiary/aromatic N) is 2. The molecule has 3 aromatic rings. The van der Waals surface area contributed by atoms with Crippen molar-refractivity contribution in [3.05, 3.63) is 57.4 Å². The lowest BCUT2D eigenvalue weighted by Crippen LogP contribution is -2.23. The summed E-state index contributed by atoms with van der Waals surface area (Å²) in [6.45, 7) is 10.5. The molecule has 2 aromatic heterocycles. The Balaban J connectivity index is 1.91. The van der Waals surface area contributed by atoms with Crippen LogP contribution in [-0.4, -0.2) is 21.0 Å². The van der Waals surface area contributed by atoms with E-state index >= 15 is 0 Å². The molecule has 3 rings (SSSR count). The highest BCUT2D eigenvalue weighted by Crippen LogP contribution is 2.33. The van der Waals surface area contributed by atoms with Crippen molar-refractivity contribution in [1.82, 2.24) is 15.3 Å². The van der Waals surface area contributed by atoms with E-state index in [4.69, 9.17) is 4.98 Å². The molecule has 0 saturated carbocycles. The zero-order valence-electron chi connectivity index (χ0n) is 16.4. The van der Waals surface area contributed by atoms with Gasteiger partial charge in [0, 0.05) is 17.3 Å². The number of fused-ring (bicyclic) bond motifs is 1. The Bertz CT molecular complexity index is 1000. The molecule has 0 atom stereocenters. The SMILES string of the molecule is Cc1nc(C(C)(C)C)nc2sc(C(=O)NCc3ccccc3CO)c(C)c12. The smallest absolute Gasteiger partial charge is 0.261 e. The highest BCUT2D eigenvalue weighted by atomic mass is 32.1. The van der Waals surface area contributed by atoms with Gasteiger partial charge in [0.2, 0.25) is 0 Å². The predicted octanol–water partition coefficient (Wildman–Crippen LogP) is 4.03. The average Bonchev–Trinajstić information content (AvgIpc) is 2.96. The number of rotatable bonds is 4. The highest BCUT2D eigenvalue weighted by Gasteiger charge is 2.23. The molecule has 2 heterocycles. The van der Waals surface area contributed by atoms with Crippen LogP contribution in [0.5, 0.6) is 0 Å². The Kier molecular flexibility index (Phi) is 5.31. The Morgan fingerprint density at radius 2 is 1.81 bits per heavy atom. The van der Waals surface area contributed by atoms with Crippen LogP contribution in [0.2, 0.25) is 0 Å². The number of hydrogen-bond donors (Lipinski definition) is 2. The first kappa shape index (κ1) is 19.5. The van der Waals surface area contributed by atoms with Gasteiger partial charge in [-0.15, -0.1) is 11.3 Å². The second-order valence-corrected chi connectivity index (χ2v) is 8.73. The maximum absolute atomic E-state index is 12.8. The summed E-state index contributed by atoms with van der Waals surface area (Å²) in [5.74, 6) is 0.664. The summed E-state index contributed by atoms with van der Waals surface area (Å²) >= 11 is 1.41. The molecule has 0 aliphatic carbocycles. The number of carbonyl (C=O) groups is 1. The first-order valence-corrected chi connectivity index (χ1v) is 9.78. The van der Waals surface area contributed by atoms with E-state index < -0.39 is 0 Å². The summed E-state index contributed by atoms with van der Waals surface area (Å²) in [6.07, 6.45) is 0. The molecule has 142 valence electrons. The molecular formula is C21H25N3O2S. The van der Waals surface area contributed by atoms with Gasteiger partial charge in [-0.1, -0.05) is 45.0 Å². The summed E-state index contributed by atoms with van der Waals surface area (Å²) in [5, 5.41) is 13.4. The Morgan fingerprint density at radius 1 is 1.15 bits per heavy atom. The molecule has 27 heavy (non-hydrogen) atoms. The topological polar surface area (TPSA) is 75.1 Å². The minimum absolute atomic E-state index is 0.0433. The standard InChI is InChI=1S/C21H25N3O2S/c1-12-16-13(2)23-20(21(3,4)5)24-19(16)27-17(12)18(26)22-10-14-8-6-7-9-15(14)11-25/h6-9,25H,10-11H2,1-5H3,(H,22,26). The molecule has 0 unspecified atom stereocenters. The summed E-state index contributed by atoms with van der Waals surface area (Å²) in [6, 6.07) is 7.55. The number of carbonyl (C=O) groups excluding carboxylic acids is 1. The largest absolute Gasteiger partial charge is 0.392 e. The minimum atomic E-state index is -0.146. The molecule has 0 spiro atoms. The Morgan fingerprint density at radius 3 is 2.44 bits per heavy atom. The summed E-state index contributed by atoms with van der Waals surface area (Å²) in [7, 11) is 0. The van der Waals surface area contributed by atoms with Crippen LogP contribution in [-0.2, 0) is 18.6 Å². The third-order valence-electron chi connectivity index (χ3n) is 4.58. The molecule has 0 saturated heterocycles. The number of aryl methyl sites for hydroxylation is 2. The summed E-state index contributed by atoms with van der Waals surface area (Å²) in [5.41, 5.74) is 3.41. The number of nitrogens with one attached hydrogen (secondary N) is 1. The Labute approximate surface area is 163 Å². The average molecular weight is 384 g/mol. The zero-order chi connectivity index (χ0) is 19.8. The van der Waals surface area contributed by atoms with Crippen LogP contribution in [0.15, 0.2) is 24.3 Å². The lowest BCUT2D eigenvalue weighted by molar-refractivity contribution is 0.0954. The van der Waals surface area contributed by atoms with Crippen molar-refractivity contribution in [2.75, 3.05) is 0 Å². The van der Waals surface area contributed by atoms with Gasteiger partial charge in [0.05, 0.1) is 17.2 Å². The molecule has 0 fully saturated rings. The van der Waals surface area contributed by atoms with Crippen molar-refractivity contribution in [2.45, 2.75) is 53.2 Å². The molecule has 0 radical (unpaired) electrons. The van der Waals surface area contributed by atoms with Crippen LogP contribution in [0, 0.1) is 13.8 Å². The number of hydrogen-bond acceptors (Lipinski definition) is 5.